The number of halogens is 2. The van der Waals surface area contributed by atoms with Gasteiger partial charge in [0.15, 0.2) is 11.5 Å². The number of nitrogens with zero attached hydrogens (tertiary/aromatic N) is 5. The van der Waals surface area contributed by atoms with Crippen LogP contribution in [-0.2, 0) is 6.54 Å². The average Bonchev–Trinajstić information content (AvgIpc) is 2.94. The van der Waals surface area contributed by atoms with Gasteiger partial charge in [0.2, 0.25) is 11.7 Å². The Hall–Kier alpha value is -3.51. The van der Waals surface area contributed by atoms with Crippen LogP contribution in [0.4, 0.5) is 22.2 Å². The van der Waals surface area contributed by atoms with E-state index in [9.17, 15) is 9.90 Å². The number of methoxy groups -OCH3 is 2. The van der Waals surface area contributed by atoms with Crippen LogP contribution < -0.4 is 24.4 Å². The topological polar surface area (TPSA) is 113 Å². The smallest absolute Gasteiger partial charge is 0.413 e. The summed E-state index contributed by atoms with van der Waals surface area (Å²) < 4.78 is 17.3. The molecule has 40 heavy (non-hydrogen) atoms. The fourth-order valence-electron chi connectivity index (χ4n) is 4.21. The Morgan fingerprint density at radius 2 is 1.77 bits per heavy atom. The van der Waals surface area contributed by atoms with Gasteiger partial charge in [-0.2, -0.15) is 4.98 Å². The van der Waals surface area contributed by atoms with Gasteiger partial charge >= 0.3 is 6.09 Å². The summed E-state index contributed by atoms with van der Waals surface area (Å²) >= 11 is 12.3. The molecule has 1 amide bonds. The van der Waals surface area contributed by atoms with Crippen molar-refractivity contribution in [2.24, 2.45) is 0 Å². The first-order valence-electron chi connectivity index (χ1n) is 12.6. The van der Waals surface area contributed by atoms with E-state index in [1.165, 1.54) is 12.3 Å². The molecule has 0 radical (unpaired) electrons. The lowest BCUT2D eigenvalue weighted by atomic mass is 10.2. The maximum atomic E-state index is 12.1. The number of piperazine rings is 1. The van der Waals surface area contributed by atoms with Crippen LogP contribution in [0.25, 0.3) is 0 Å². The van der Waals surface area contributed by atoms with Gasteiger partial charge in [0.25, 0.3) is 0 Å². The fraction of sp³-hybridized carbons (Fsp3) is 0.370. The molecule has 4 rings (SSSR count). The van der Waals surface area contributed by atoms with Crippen molar-refractivity contribution in [3.8, 4) is 17.2 Å². The van der Waals surface area contributed by atoms with Crippen LogP contribution in [0, 0.1) is 0 Å². The van der Waals surface area contributed by atoms with Gasteiger partial charge in [0.1, 0.15) is 12.4 Å². The lowest BCUT2D eigenvalue weighted by Gasteiger charge is -2.32. The number of hydrogen-bond acceptors (Lipinski definition) is 9. The molecule has 2 aromatic carbocycles. The van der Waals surface area contributed by atoms with Crippen molar-refractivity contribution < 1.29 is 24.1 Å². The van der Waals surface area contributed by atoms with E-state index >= 15 is 0 Å². The van der Waals surface area contributed by atoms with Crippen molar-refractivity contribution in [1.82, 2.24) is 19.8 Å². The van der Waals surface area contributed by atoms with E-state index < -0.39 is 6.09 Å². The average molecular weight is 591 g/mol. The number of benzene rings is 2. The molecule has 11 nitrogen and oxygen atoms in total. The van der Waals surface area contributed by atoms with Crippen LogP contribution in [0.15, 0.2) is 42.6 Å². The van der Waals surface area contributed by atoms with Gasteiger partial charge in [-0.25, -0.2) is 9.78 Å². The van der Waals surface area contributed by atoms with Crippen LogP contribution in [0.1, 0.15) is 5.56 Å². The Kier molecular flexibility index (Phi) is 10.1. The molecule has 0 spiro atoms. The highest BCUT2D eigenvalue weighted by atomic mass is 35.5. The largest absolute Gasteiger partial charge is 0.493 e. The van der Waals surface area contributed by atoms with Crippen LogP contribution in [0.5, 0.6) is 17.2 Å². The minimum absolute atomic E-state index is 0.0486. The molecule has 0 saturated carbocycles. The van der Waals surface area contributed by atoms with Crippen LogP contribution in [0.3, 0.4) is 0 Å². The lowest BCUT2D eigenvalue weighted by molar-refractivity contribution is 0.131. The number of aromatic nitrogens is 2. The number of anilines is 3. The maximum Gasteiger partial charge on any atom is 0.413 e. The Morgan fingerprint density at radius 1 is 1.07 bits per heavy atom. The Labute approximate surface area is 243 Å². The highest BCUT2D eigenvalue weighted by Gasteiger charge is 2.20. The number of rotatable bonds is 11. The second kappa shape index (κ2) is 13.7. The molecular weight excluding hydrogens is 559 g/mol. The number of likely N-dealkylation sites (N-methyl/N-ethyl adjacent to an activating group) is 1. The van der Waals surface area contributed by atoms with Crippen LogP contribution in [0.2, 0.25) is 10.0 Å². The molecule has 2 heterocycles. The van der Waals surface area contributed by atoms with Crippen molar-refractivity contribution in [1.29, 1.82) is 0 Å². The van der Waals surface area contributed by atoms with Crippen molar-refractivity contribution in [3.63, 3.8) is 0 Å². The number of amides is 1. The Balaban J connectivity index is 1.49. The van der Waals surface area contributed by atoms with E-state index in [0.29, 0.717) is 45.2 Å². The van der Waals surface area contributed by atoms with E-state index in [1.807, 2.05) is 0 Å². The second-order valence-electron chi connectivity index (χ2n) is 9.17. The zero-order valence-corrected chi connectivity index (χ0v) is 24.1. The summed E-state index contributed by atoms with van der Waals surface area (Å²) in [7, 11) is 5.23. The summed E-state index contributed by atoms with van der Waals surface area (Å²) in [5.74, 6) is 1.77. The highest BCUT2D eigenvalue weighted by molar-refractivity contribution is 6.33. The number of carbonyl (C=O) groups is 1. The van der Waals surface area contributed by atoms with E-state index in [2.05, 4.69) is 32.1 Å². The number of nitrogens with one attached hydrogen (secondary N) is 1. The summed E-state index contributed by atoms with van der Waals surface area (Å²) in [6.45, 7) is 5.30. The first-order chi connectivity index (χ1) is 19.3. The molecule has 3 aromatic rings. The van der Waals surface area contributed by atoms with Crippen LogP contribution >= 0.6 is 23.2 Å². The molecule has 0 unspecified atom stereocenters. The van der Waals surface area contributed by atoms with Crippen molar-refractivity contribution in [2.45, 2.75) is 6.54 Å². The standard InChI is InChI=1S/C27H32Cl2N6O5/c1-33-8-10-34(11-9-33)12-13-40-25-22(38-2)15-20(16-23(25)39-3)31-26-30-7-6-24(32-26)35(27(36)37)17-18-14-19(28)4-5-21(18)29/h4-7,14-16H,8-13,17H2,1-3H3,(H,36,37)(H,30,31,32). The monoisotopic (exact) mass is 590 g/mol. The summed E-state index contributed by atoms with van der Waals surface area (Å²) in [6.07, 6.45) is 0.256. The maximum absolute atomic E-state index is 12.1. The number of ether oxygens (including phenoxy) is 3. The molecule has 2 N–H and O–H groups in total. The molecule has 0 atom stereocenters. The quantitative estimate of drug-likeness (QED) is 0.321. The predicted octanol–water partition coefficient (Wildman–Crippen LogP) is 4.86. The minimum atomic E-state index is -1.21. The SMILES string of the molecule is COc1cc(Nc2nccc(N(Cc3cc(Cl)ccc3Cl)C(=O)O)n2)cc(OC)c1OCCN1CCN(C)CC1. The van der Waals surface area contributed by atoms with Gasteiger partial charge in [0.05, 0.1) is 20.8 Å². The Bertz CT molecular complexity index is 1300. The normalized spacial score (nSPS) is 14.0. The predicted molar refractivity (Wildman–Crippen MR) is 155 cm³/mol. The molecule has 1 aliphatic heterocycles. The van der Waals surface area contributed by atoms with E-state index in [0.717, 1.165) is 37.6 Å². The Morgan fingerprint density at radius 3 is 2.42 bits per heavy atom. The molecule has 13 heteroatoms. The van der Waals surface area contributed by atoms with Gasteiger partial charge in [-0.15, -0.1) is 0 Å². The summed E-state index contributed by atoms with van der Waals surface area (Å²) in [5, 5.41) is 13.8. The van der Waals surface area contributed by atoms with Gasteiger partial charge in [-0.05, 0) is 36.9 Å². The third-order valence-corrected chi connectivity index (χ3v) is 7.05. The van der Waals surface area contributed by atoms with Gasteiger partial charge in [0, 0.05) is 66.8 Å². The molecule has 1 aliphatic rings. The first-order valence-corrected chi connectivity index (χ1v) is 13.4. The molecule has 1 saturated heterocycles. The molecule has 1 aromatic heterocycles. The first kappa shape index (κ1) is 29.5. The third kappa shape index (κ3) is 7.57. The highest BCUT2D eigenvalue weighted by Crippen LogP contribution is 2.41. The van der Waals surface area contributed by atoms with Crippen molar-refractivity contribution in [3.05, 3.63) is 58.2 Å². The van der Waals surface area contributed by atoms with E-state index in [-0.39, 0.29) is 18.3 Å². The molecule has 0 aliphatic carbocycles. The molecular formula is C27H32Cl2N6O5. The molecule has 0 bridgehead atoms. The number of carboxylic acid groups (broad SMARTS) is 1. The van der Waals surface area contributed by atoms with Crippen LogP contribution in [-0.4, -0.2) is 91.6 Å². The lowest BCUT2D eigenvalue weighted by Crippen LogP contribution is -2.45. The third-order valence-electron chi connectivity index (χ3n) is 6.45. The zero-order chi connectivity index (χ0) is 28.6. The van der Waals surface area contributed by atoms with Crippen molar-refractivity contribution >= 4 is 46.7 Å². The van der Waals surface area contributed by atoms with Gasteiger partial charge < -0.3 is 29.5 Å². The minimum Gasteiger partial charge on any atom is -0.493 e. The fourth-order valence-corrected chi connectivity index (χ4v) is 4.58. The summed E-state index contributed by atoms with van der Waals surface area (Å²) in [6, 6.07) is 9.85. The summed E-state index contributed by atoms with van der Waals surface area (Å²) in [4.78, 5) is 26.5. The van der Waals surface area contributed by atoms with Crippen molar-refractivity contribution in [2.75, 3.05) is 70.8 Å². The summed E-state index contributed by atoms with van der Waals surface area (Å²) in [5.41, 5.74) is 1.11. The number of hydrogen-bond donors (Lipinski definition) is 2. The van der Waals surface area contributed by atoms with Gasteiger partial charge in [-0.1, -0.05) is 23.2 Å². The van der Waals surface area contributed by atoms with E-state index in [1.54, 1.807) is 44.6 Å². The zero-order valence-electron chi connectivity index (χ0n) is 22.6. The molecule has 1 fully saturated rings. The molecule has 214 valence electrons. The second-order valence-corrected chi connectivity index (χ2v) is 10.0. The van der Waals surface area contributed by atoms with Gasteiger partial charge in [-0.3, -0.25) is 9.80 Å². The van der Waals surface area contributed by atoms with E-state index in [4.69, 9.17) is 37.4 Å².